The molecule has 2 nitrogen and oxygen atoms in total. The van der Waals surface area contributed by atoms with Crippen molar-refractivity contribution in [2.75, 3.05) is 12.3 Å². The summed E-state index contributed by atoms with van der Waals surface area (Å²) in [4.78, 5) is 0. The largest absolute Gasteiger partial charge is 0.491 e. The molecule has 2 rings (SSSR count). The molecule has 0 fully saturated rings. The Morgan fingerprint density at radius 3 is 3.00 bits per heavy atom. The summed E-state index contributed by atoms with van der Waals surface area (Å²) in [5.41, 5.74) is 8.62. The van der Waals surface area contributed by atoms with Gasteiger partial charge in [0.2, 0.25) is 0 Å². The molecule has 0 aromatic heterocycles. The van der Waals surface area contributed by atoms with E-state index in [4.69, 9.17) is 10.5 Å². The predicted molar refractivity (Wildman–Crippen MR) is 44.5 cm³/mol. The van der Waals surface area contributed by atoms with Gasteiger partial charge >= 0.3 is 0 Å². The summed E-state index contributed by atoms with van der Waals surface area (Å²) in [5.74, 6) is 0.845. The molecule has 1 aliphatic rings. The Bertz CT molecular complexity index is 265. The molecule has 2 N–H and O–H groups in total. The van der Waals surface area contributed by atoms with Crippen LogP contribution in [0.5, 0.6) is 5.75 Å². The molecule has 1 radical (unpaired) electrons. The first kappa shape index (κ1) is 6.53. The molecule has 57 valence electrons. The average molecular weight is 148 g/mol. The van der Waals surface area contributed by atoms with E-state index in [0.29, 0.717) is 0 Å². The zero-order valence-electron chi connectivity index (χ0n) is 6.26. The Labute approximate surface area is 66.0 Å². The van der Waals surface area contributed by atoms with Crippen molar-refractivity contribution >= 4 is 5.69 Å². The van der Waals surface area contributed by atoms with Crippen LogP contribution in [0, 0.1) is 6.92 Å². The molecule has 1 aromatic carbocycles. The predicted octanol–water partition coefficient (Wildman–Crippen LogP) is 1.39. The molecule has 11 heavy (non-hydrogen) atoms. The fraction of sp³-hybridized carbons (Fsp3) is 0.222. The molecule has 2 heteroatoms. The minimum atomic E-state index is 0.727. The van der Waals surface area contributed by atoms with Crippen LogP contribution in [0.2, 0.25) is 0 Å². The summed E-state index contributed by atoms with van der Waals surface area (Å²) in [5, 5.41) is 0. The lowest BCUT2D eigenvalue weighted by molar-refractivity contribution is 0.358. The van der Waals surface area contributed by atoms with E-state index in [-0.39, 0.29) is 0 Å². The summed E-state index contributed by atoms with van der Waals surface area (Å²) in [6, 6.07) is 3.77. The van der Waals surface area contributed by atoms with Crippen molar-refractivity contribution in [1.82, 2.24) is 0 Å². The fourth-order valence-electron chi connectivity index (χ4n) is 1.39. The molecule has 1 aromatic rings. The van der Waals surface area contributed by atoms with Gasteiger partial charge in [0.15, 0.2) is 0 Å². The Balaban J connectivity index is 2.64. The van der Waals surface area contributed by atoms with Crippen molar-refractivity contribution < 1.29 is 4.74 Å². The standard InChI is InChI=1S/C9H10NO/c1-6-2-3-8(10)9-7(6)4-5-11-9/h2-3H,1,4-5,10H2. The quantitative estimate of drug-likeness (QED) is 0.564. The van der Waals surface area contributed by atoms with Crippen LogP contribution >= 0.6 is 0 Å². The number of ether oxygens (including phenoxy) is 1. The molecule has 0 saturated carbocycles. The Morgan fingerprint density at radius 2 is 2.27 bits per heavy atom. The van der Waals surface area contributed by atoms with Crippen LogP contribution in [0.1, 0.15) is 11.1 Å². The number of fused-ring (bicyclic) bond motifs is 1. The maximum Gasteiger partial charge on any atom is 0.145 e. The van der Waals surface area contributed by atoms with Gasteiger partial charge in [-0.3, -0.25) is 0 Å². The Kier molecular flexibility index (Phi) is 1.28. The van der Waals surface area contributed by atoms with Gasteiger partial charge in [-0.05, 0) is 18.6 Å². The first-order valence-electron chi connectivity index (χ1n) is 3.65. The van der Waals surface area contributed by atoms with E-state index in [9.17, 15) is 0 Å². The number of anilines is 1. The number of nitrogen functional groups attached to an aromatic ring is 1. The number of hydrogen-bond acceptors (Lipinski definition) is 2. The molecule has 1 aliphatic heterocycles. The molecule has 0 atom stereocenters. The number of benzene rings is 1. The third-order valence-electron chi connectivity index (χ3n) is 1.99. The normalized spacial score (nSPS) is 14.3. The van der Waals surface area contributed by atoms with Gasteiger partial charge in [0, 0.05) is 12.0 Å². The van der Waals surface area contributed by atoms with Gasteiger partial charge < -0.3 is 10.5 Å². The molecule has 1 heterocycles. The van der Waals surface area contributed by atoms with Gasteiger partial charge in [-0.1, -0.05) is 6.07 Å². The first-order valence-corrected chi connectivity index (χ1v) is 3.65. The molecule has 0 unspecified atom stereocenters. The lowest BCUT2D eigenvalue weighted by Crippen LogP contribution is -1.91. The number of rotatable bonds is 0. The van der Waals surface area contributed by atoms with Crippen molar-refractivity contribution in [3.63, 3.8) is 0 Å². The van der Waals surface area contributed by atoms with Crippen LogP contribution in [-0.2, 0) is 6.42 Å². The molecule has 0 spiro atoms. The van der Waals surface area contributed by atoms with Gasteiger partial charge in [-0.15, -0.1) is 0 Å². The van der Waals surface area contributed by atoms with Crippen molar-refractivity contribution in [3.8, 4) is 5.75 Å². The van der Waals surface area contributed by atoms with E-state index in [1.807, 2.05) is 12.1 Å². The highest BCUT2D eigenvalue weighted by Gasteiger charge is 2.16. The second kappa shape index (κ2) is 2.16. The van der Waals surface area contributed by atoms with E-state index in [0.717, 1.165) is 30.0 Å². The molecular weight excluding hydrogens is 138 g/mol. The summed E-state index contributed by atoms with van der Waals surface area (Å²) < 4.78 is 5.35. The summed E-state index contributed by atoms with van der Waals surface area (Å²) in [7, 11) is 0. The fourth-order valence-corrected chi connectivity index (χ4v) is 1.39. The van der Waals surface area contributed by atoms with Gasteiger partial charge in [-0.25, -0.2) is 0 Å². The van der Waals surface area contributed by atoms with E-state index in [1.54, 1.807) is 0 Å². The van der Waals surface area contributed by atoms with E-state index in [2.05, 4.69) is 6.92 Å². The molecule has 0 saturated heterocycles. The second-order valence-corrected chi connectivity index (χ2v) is 2.72. The van der Waals surface area contributed by atoms with Crippen LogP contribution in [0.3, 0.4) is 0 Å². The summed E-state index contributed by atoms with van der Waals surface area (Å²) in [6.07, 6.45) is 0.944. The second-order valence-electron chi connectivity index (χ2n) is 2.72. The first-order chi connectivity index (χ1) is 5.29. The van der Waals surface area contributed by atoms with E-state index in [1.165, 1.54) is 5.56 Å². The monoisotopic (exact) mass is 148 g/mol. The number of hydrogen-bond donors (Lipinski definition) is 1. The third kappa shape index (κ3) is 0.862. The minimum Gasteiger partial charge on any atom is -0.491 e. The third-order valence-corrected chi connectivity index (χ3v) is 1.99. The smallest absolute Gasteiger partial charge is 0.145 e. The van der Waals surface area contributed by atoms with Gasteiger partial charge in [-0.2, -0.15) is 0 Å². The summed E-state index contributed by atoms with van der Waals surface area (Å²) in [6.45, 7) is 4.64. The highest BCUT2D eigenvalue weighted by molar-refractivity contribution is 5.61. The van der Waals surface area contributed by atoms with Crippen molar-refractivity contribution in [2.45, 2.75) is 6.42 Å². The Hall–Kier alpha value is -1.18. The lowest BCUT2D eigenvalue weighted by Gasteiger charge is -2.04. The SMILES string of the molecule is [CH2]c1ccc(N)c2c1CCO2. The zero-order chi connectivity index (χ0) is 7.84. The van der Waals surface area contributed by atoms with Crippen LogP contribution in [0.25, 0.3) is 0 Å². The number of nitrogens with two attached hydrogens (primary N) is 1. The Morgan fingerprint density at radius 1 is 1.45 bits per heavy atom. The van der Waals surface area contributed by atoms with Gasteiger partial charge in [0.25, 0.3) is 0 Å². The van der Waals surface area contributed by atoms with Crippen LogP contribution in [0.4, 0.5) is 5.69 Å². The maximum absolute atomic E-state index is 5.69. The lowest BCUT2D eigenvalue weighted by atomic mass is 10.1. The summed E-state index contributed by atoms with van der Waals surface area (Å²) >= 11 is 0. The van der Waals surface area contributed by atoms with Crippen molar-refractivity contribution in [1.29, 1.82) is 0 Å². The highest BCUT2D eigenvalue weighted by Crippen LogP contribution is 2.33. The minimum absolute atomic E-state index is 0.727. The van der Waals surface area contributed by atoms with Crippen molar-refractivity contribution in [2.24, 2.45) is 0 Å². The highest BCUT2D eigenvalue weighted by atomic mass is 16.5. The van der Waals surface area contributed by atoms with Crippen LogP contribution in [-0.4, -0.2) is 6.61 Å². The molecule has 0 bridgehead atoms. The molecular formula is C9H10NO. The maximum atomic E-state index is 5.69. The zero-order valence-corrected chi connectivity index (χ0v) is 6.26. The topological polar surface area (TPSA) is 35.2 Å². The van der Waals surface area contributed by atoms with Crippen LogP contribution < -0.4 is 10.5 Å². The van der Waals surface area contributed by atoms with Gasteiger partial charge in [0.1, 0.15) is 5.75 Å². The van der Waals surface area contributed by atoms with Crippen LogP contribution in [0.15, 0.2) is 12.1 Å². The van der Waals surface area contributed by atoms with Crippen molar-refractivity contribution in [3.05, 3.63) is 30.2 Å². The van der Waals surface area contributed by atoms with Gasteiger partial charge in [0.05, 0.1) is 12.3 Å². The molecule has 0 amide bonds. The van der Waals surface area contributed by atoms with E-state index >= 15 is 0 Å². The van der Waals surface area contributed by atoms with E-state index < -0.39 is 0 Å². The average Bonchev–Trinajstić information content (AvgIpc) is 2.45. The molecule has 0 aliphatic carbocycles.